The lowest BCUT2D eigenvalue weighted by atomic mass is 10.3. The average molecular weight is 222 g/mol. The zero-order valence-corrected chi connectivity index (χ0v) is 8.13. The first kappa shape index (κ1) is 9.00. The summed E-state index contributed by atoms with van der Waals surface area (Å²) >= 11 is 3.24. The molecule has 0 unspecified atom stereocenters. The van der Waals surface area contributed by atoms with Crippen LogP contribution in [0.2, 0.25) is 0 Å². The van der Waals surface area contributed by atoms with Gasteiger partial charge in [-0.2, -0.15) is 0 Å². The maximum absolute atomic E-state index is 11.3. The summed E-state index contributed by atoms with van der Waals surface area (Å²) in [5.74, 6) is 0.160. The molecule has 4 heteroatoms. The van der Waals surface area contributed by atoms with Crippen LogP contribution in [0, 0.1) is 0 Å². The number of morpholine rings is 1. The van der Waals surface area contributed by atoms with Gasteiger partial charge in [0.05, 0.1) is 18.0 Å². The van der Waals surface area contributed by atoms with Crippen LogP contribution in [-0.4, -0.2) is 41.9 Å². The molecule has 0 bridgehead atoms. The average Bonchev–Trinajstić information content (AvgIpc) is 2.05. The molecular weight excluding hydrogens is 210 g/mol. The molecule has 1 heterocycles. The van der Waals surface area contributed by atoms with Gasteiger partial charge >= 0.3 is 0 Å². The molecule has 1 fully saturated rings. The van der Waals surface area contributed by atoms with Crippen molar-refractivity contribution in [2.75, 3.05) is 26.3 Å². The lowest BCUT2D eigenvalue weighted by Gasteiger charge is -2.27. The summed E-state index contributed by atoms with van der Waals surface area (Å²) in [6.07, 6.45) is 0. The second-order valence-electron chi connectivity index (χ2n) is 2.55. The SMILES string of the molecule is C[C@@H](Br)C(=O)N1CCOCC1. The molecule has 64 valence electrons. The second-order valence-corrected chi connectivity index (χ2v) is 3.93. The zero-order valence-electron chi connectivity index (χ0n) is 6.55. The third kappa shape index (κ3) is 2.45. The fourth-order valence-electron chi connectivity index (χ4n) is 1.04. The molecule has 1 rings (SSSR count). The topological polar surface area (TPSA) is 29.5 Å². The van der Waals surface area contributed by atoms with Crippen molar-refractivity contribution in [3.05, 3.63) is 0 Å². The standard InChI is InChI=1S/C7H12BrNO2/c1-6(8)7(10)9-2-4-11-5-3-9/h6H,2-5H2,1H3/t6-/m1/s1. The molecule has 1 saturated heterocycles. The van der Waals surface area contributed by atoms with E-state index in [4.69, 9.17) is 4.74 Å². The van der Waals surface area contributed by atoms with Gasteiger partial charge in [-0.25, -0.2) is 0 Å². The molecule has 0 radical (unpaired) electrons. The van der Waals surface area contributed by atoms with Crippen molar-refractivity contribution in [2.45, 2.75) is 11.8 Å². The highest BCUT2D eigenvalue weighted by molar-refractivity contribution is 9.10. The third-order valence-corrected chi connectivity index (χ3v) is 2.05. The van der Waals surface area contributed by atoms with Crippen LogP contribution in [0.1, 0.15) is 6.92 Å². The summed E-state index contributed by atoms with van der Waals surface area (Å²) in [6.45, 7) is 4.65. The predicted octanol–water partition coefficient (Wildman–Crippen LogP) is 0.629. The van der Waals surface area contributed by atoms with Crippen molar-refractivity contribution < 1.29 is 9.53 Å². The molecule has 0 saturated carbocycles. The largest absolute Gasteiger partial charge is 0.378 e. The van der Waals surface area contributed by atoms with Crippen molar-refractivity contribution >= 4 is 21.8 Å². The smallest absolute Gasteiger partial charge is 0.236 e. The van der Waals surface area contributed by atoms with Gasteiger partial charge in [0.25, 0.3) is 0 Å². The number of rotatable bonds is 1. The van der Waals surface area contributed by atoms with E-state index < -0.39 is 0 Å². The minimum absolute atomic E-state index is 0.0689. The van der Waals surface area contributed by atoms with Gasteiger partial charge in [-0.3, -0.25) is 4.79 Å². The Morgan fingerprint density at radius 2 is 2.09 bits per heavy atom. The molecule has 1 aliphatic heterocycles. The normalized spacial score (nSPS) is 21.5. The molecule has 0 aromatic rings. The van der Waals surface area contributed by atoms with E-state index in [9.17, 15) is 4.79 Å². The van der Waals surface area contributed by atoms with Crippen LogP contribution in [0.5, 0.6) is 0 Å². The van der Waals surface area contributed by atoms with Gasteiger partial charge in [0.2, 0.25) is 5.91 Å². The molecule has 0 aromatic heterocycles. The number of carbonyl (C=O) groups excluding carboxylic acids is 1. The summed E-state index contributed by atoms with van der Waals surface area (Å²) in [5.41, 5.74) is 0. The third-order valence-electron chi connectivity index (χ3n) is 1.66. The lowest BCUT2D eigenvalue weighted by molar-refractivity contribution is -0.134. The van der Waals surface area contributed by atoms with Crippen LogP contribution in [0.3, 0.4) is 0 Å². The molecule has 0 N–H and O–H groups in total. The Balaban J connectivity index is 2.39. The van der Waals surface area contributed by atoms with Crippen molar-refractivity contribution in [3.8, 4) is 0 Å². The highest BCUT2D eigenvalue weighted by Crippen LogP contribution is 2.05. The molecule has 1 amide bonds. The molecule has 1 atom stereocenters. The van der Waals surface area contributed by atoms with E-state index in [1.807, 2.05) is 11.8 Å². The van der Waals surface area contributed by atoms with Gasteiger partial charge in [0.15, 0.2) is 0 Å². The van der Waals surface area contributed by atoms with Gasteiger partial charge in [-0.15, -0.1) is 0 Å². The van der Waals surface area contributed by atoms with Crippen LogP contribution in [0.25, 0.3) is 0 Å². The van der Waals surface area contributed by atoms with Crippen molar-refractivity contribution in [1.82, 2.24) is 4.90 Å². The number of alkyl halides is 1. The quantitative estimate of drug-likeness (QED) is 0.609. The minimum atomic E-state index is -0.0689. The van der Waals surface area contributed by atoms with Crippen molar-refractivity contribution in [1.29, 1.82) is 0 Å². The first-order valence-corrected chi connectivity index (χ1v) is 4.64. The highest BCUT2D eigenvalue weighted by Gasteiger charge is 2.19. The molecule has 0 aromatic carbocycles. The lowest BCUT2D eigenvalue weighted by Crippen LogP contribution is -2.43. The van der Waals surface area contributed by atoms with Crippen LogP contribution in [0.15, 0.2) is 0 Å². The number of hydrogen-bond donors (Lipinski definition) is 0. The highest BCUT2D eigenvalue weighted by atomic mass is 79.9. The summed E-state index contributed by atoms with van der Waals surface area (Å²) in [4.78, 5) is 13.1. The number of nitrogens with zero attached hydrogens (tertiary/aromatic N) is 1. The fraction of sp³-hybridized carbons (Fsp3) is 0.857. The van der Waals surface area contributed by atoms with Crippen molar-refractivity contribution in [2.24, 2.45) is 0 Å². The summed E-state index contributed by atoms with van der Waals surface area (Å²) in [7, 11) is 0. The van der Waals surface area contributed by atoms with Crippen LogP contribution in [-0.2, 0) is 9.53 Å². The molecule has 0 spiro atoms. The minimum Gasteiger partial charge on any atom is -0.378 e. The number of carbonyl (C=O) groups is 1. The van der Waals surface area contributed by atoms with E-state index in [2.05, 4.69) is 15.9 Å². The Hall–Kier alpha value is -0.0900. The van der Waals surface area contributed by atoms with Crippen LogP contribution in [0.4, 0.5) is 0 Å². The number of hydrogen-bond acceptors (Lipinski definition) is 2. The molecule has 1 aliphatic rings. The molecule has 3 nitrogen and oxygen atoms in total. The Bertz CT molecular complexity index is 143. The Morgan fingerprint density at radius 1 is 1.55 bits per heavy atom. The summed E-state index contributed by atoms with van der Waals surface area (Å²) in [6, 6.07) is 0. The molecular formula is C7H12BrNO2. The first-order valence-electron chi connectivity index (χ1n) is 3.72. The summed E-state index contributed by atoms with van der Waals surface area (Å²) in [5, 5.41) is 0. The fourth-order valence-corrected chi connectivity index (χ4v) is 1.32. The van der Waals surface area contributed by atoms with E-state index in [0.717, 1.165) is 13.1 Å². The van der Waals surface area contributed by atoms with Crippen molar-refractivity contribution in [3.63, 3.8) is 0 Å². The number of halogens is 1. The Morgan fingerprint density at radius 3 is 2.55 bits per heavy atom. The van der Waals surface area contributed by atoms with E-state index in [1.54, 1.807) is 0 Å². The van der Waals surface area contributed by atoms with Gasteiger partial charge in [0.1, 0.15) is 0 Å². The Kier molecular flexibility index (Phi) is 3.33. The van der Waals surface area contributed by atoms with E-state index in [0.29, 0.717) is 13.2 Å². The van der Waals surface area contributed by atoms with Gasteiger partial charge in [0, 0.05) is 13.1 Å². The van der Waals surface area contributed by atoms with E-state index in [1.165, 1.54) is 0 Å². The maximum atomic E-state index is 11.3. The van der Waals surface area contributed by atoms with Gasteiger partial charge in [-0.1, -0.05) is 15.9 Å². The van der Waals surface area contributed by atoms with Gasteiger partial charge < -0.3 is 9.64 Å². The van der Waals surface area contributed by atoms with Crippen LogP contribution >= 0.6 is 15.9 Å². The molecule has 0 aliphatic carbocycles. The maximum Gasteiger partial charge on any atom is 0.236 e. The second kappa shape index (κ2) is 4.07. The van der Waals surface area contributed by atoms with Crippen LogP contribution < -0.4 is 0 Å². The number of ether oxygens (including phenoxy) is 1. The monoisotopic (exact) mass is 221 g/mol. The van der Waals surface area contributed by atoms with Gasteiger partial charge in [-0.05, 0) is 6.92 Å². The zero-order chi connectivity index (χ0) is 8.27. The Labute approximate surface area is 74.8 Å². The molecule has 11 heavy (non-hydrogen) atoms. The predicted molar refractivity (Wildman–Crippen MR) is 45.8 cm³/mol. The summed E-state index contributed by atoms with van der Waals surface area (Å²) < 4.78 is 5.12. The first-order chi connectivity index (χ1) is 5.22. The van der Waals surface area contributed by atoms with E-state index >= 15 is 0 Å². The number of amides is 1. The van der Waals surface area contributed by atoms with E-state index in [-0.39, 0.29) is 10.7 Å².